The van der Waals surface area contributed by atoms with Crippen LogP contribution in [-0.4, -0.2) is 21.5 Å². The van der Waals surface area contributed by atoms with Crippen molar-refractivity contribution in [1.82, 2.24) is 0 Å². The van der Waals surface area contributed by atoms with Crippen molar-refractivity contribution < 1.29 is 4.90 Å². The van der Waals surface area contributed by atoms with Crippen LogP contribution in [0.15, 0.2) is 30.3 Å². The van der Waals surface area contributed by atoms with Crippen LogP contribution in [0.3, 0.4) is 0 Å². The van der Waals surface area contributed by atoms with Gasteiger partial charge < -0.3 is 13.3 Å². The molecule has 1 nitrogen and oxygen atoms in total. The van der Waals surface area contributed by atoms with E-state index in [1.165, 1.54) is 38.0 Å². The van der Waals surface area contributed by atoms with E-state index in [2.05, 4.69) is 44.2 Å². The molecule has 0 unspecified atom stereocenters. The molecule has 1 aromatic rings. The monoisotopic (exact) mass is 203 g/mol. The van der Waals surface area contributed by atoms with Crippen LogP contribution in [0.25, 0.3) is 0 Å². The molecule has 0 aliphatic heterocycles. The number of rotatable bonds is 6. The van der Waals surface area contributed by atoms with Crippen molar-refractivity contribution in [3.05, 3.63) is 35.9 Å². The van der Waals surface area contributed by atoms with Gasteiger partial charge in [0.1, 0.15) is 6.54 Å². The predicted octanol–water partition coefficient (Wildman–Crippen LogP) is 1.51. The first kappa shape index (κ1) is 14.2. The van der Waals surface area contributed by atoms with Crippen molar-refractivity contribution in [2.24, 2.45) is 0 Å². The number of hydrogen-bond donors (Lipinski definition) is 1. The maximum atomic E-state index is 2.26. The lowest BCUT2D eigenvalue weighted by Gasteiger charge is -2.17. The second-order valence-corrected chi connectivity index (χ2v) is 3.91. The maximum absolute atomic E-state index is 2.26. The average Bonchev–Trinajstić information content (AvgIpc) is 2.20. The Bertz CT molecular complexity index is 230. The maximum Gasteiger partial charge on any atom is 0.103 e. The molecular weight excluding hydrogens is 181 g/mol. The summed E-state index contributed by atoms with van der Waals surface area (Å²) in [5.41, 5.74) is 1.46. The highest BCUT2D eigenvalue weighted by Crippen LogP contribution is 1.95. The lowest BCUT2D eigenvalue weighted by molar-refractivity contribution is -0.914. The standard InChI is InChI=1S/C13H21N.B/c1-3-10-14(11-4-2)12-13-8-6-5-7-9-13;/h5-9H,3-4,10-12H2,1-2H3;/q;-1/p+1. The fourth-order valence-corrected chi connectivity index (χ4v) is 1.89. The highest BCUT2D eigenvalue weighted by molar-refractivity contribution is 5.75. The summed E-state index contributed by atoms with van der Waals surface area (Å²) in [6, 6.07) is 10.8. The lowest BCUT2D eigenvalue weighted by Crippen LogP contribution is -3.10. The normalized spacial score (nSPS) is 10.1. The van der Waals surface area contributed by atoms with E-state index in [0.717, 1.165) is 0 Å². The molecular formula is C13H22BN. The van der Waals surface area contributed by atoms with Crippen LogP contribution in [0.1, 0.15) is 32.3 Å². The Balaban J connectivity index is 0.00000196. The van der Waals surface area contributed by atoms with Gasteiger partial charge in [-0.3, -0.25) is 0 Å². The molecule has 15 heavy (non-hydrogen) atoms. The van der Waals surface area contributed by atoms with Gasteiger partial charge in [0.05, 0.1) is 13.1 Å². The molecule has 0 aliphatic carbocycles. The zero-order chi connectivity index (χ0) is 10.2. The zero-order valence-electron chi connectivity index (χ0n) is 10.00. The van der Waals surface area contributed by atoms with E-state index in [0.29, 0.717) is 0 Å². The fraction of sp³-hybridized carbons (Fsp3) is 0.538. The molecule has 0 saturated carbocycles. The minimum Gasteiger partial charge on any atom is -1.00 e. The van der Waals surface area contributed by atoms with Gasteiger partial charge in [-0.05, 0) is 12.8 Å². The smallest absolute Gasteiger partial charge is 0.103 e. The van der Waals surface area contributed by atoms with Gasteiger partial charge >= 0.3 is 0 Å². The van der Waals surface area contributed by atoms with Crippen LogP contribution in [0.4, 0.5) is 0 Å². The summed E-state index contributed by atoms with van der Waals surface area (Å²) in [5, 5.41) is 0. The Morgan fingerprint density at radius 2 is 1.47 bits per heavy atom. The Kier molecular flexibility index (Phi) is 8.11. The summed E-state index contributed by atoms with van der Waals surface area (Å²) in [7, 11) is 0. The van der Waals surface area contributed by atoms with Crippen LogP contribution in [0.2, 0.25) is 0 Å². The van der Waals surface area contributed by atoms with Gasteiger partial charge in [0.2, 0.25) is 0 Å². The fourth-order valence-electron chi connectivity index (χ4n) is 1.89. The van der Waals surface area contributed by atoms with E-state index in [-0.39, 0.29) is 8.41 Å². The summed E-state index contributed by atoms with van der Waals surface area (Å²) in [6.07, 6.45) is 2.56. The topological polar surface area (TPSA) is 4.44 Å². The van der Waals surface area contributed by atoms with Crippen LogP contribution in [-0.2, 0) is 6.54 Å². The summed E-state index contributed by atoms with van der Waals surface area (Å²) in [6.45, 7) is 8.30. The third-order valence-corrected chi connectivity index (χ3v) is 2.50. The highest BCUT2D eigenvalue weighted by atomic mass is 15.1. The van der Waals surface area contributed by atoms with Gasteiger partial charge in [-0.2, -0.15) is 0 Å². The first-order valence-corrected chi connectivity index (χ1v) is 5.74. The van der Waals surface area contributed by atoms with E-state index in [4.69, 9.17) is 0 Å². The molecule has 0 heterocycles. The minimum absolute atomic E-state index is 0. The van der Waals surface area contributed by atoms with Gasteiger partial charge in [0, 0.05) is 5.56 Å². The molecule has 0 fully saturated rings. The molecule has 4 radical (unpaired) electrons. The number of benzene rings is 1. The summed E-state index contributed by atoms with van der Waals surface area (Å²) < 4.78 is 0. The molecule has 0 aliphatic rings. The quantitative estimate of drug-likeness (QED) is 0.668. The molecule has 0 atom stereocenters. The minimum atomic E-state index is 0. The third-order valence-electron chi connectivity index (χ3n) is 2.50. The largest absolute Gasteiger partial charge is 1.00 e. The van der Waals surface area contributed by atoms with E-state index in [1.54, 1.807) is 4.90 Å². The number of hydrogen-bond acceptors (Lipinski definition) is 0. The van der Waals surface area contributed by atoms with Crippen LogP contribution in [0.5, 0.6) is 0 Å². The number of nitrogens with one attached hydrogen (secondary N) is 1. The average molecular weight is 203 g/mol. The van der Waals surface area contributed by atoms with Crippen LogP contribution < -0.4 is 4.90 Å². The van der Waals surface area contributed by atoms with E-state index in [9.17, 15) is 0 Å². The summed E-state index contributed by atoms with van der Waals surface area (Å²) in [5.74, 6) is 0. The van der Waals surface area contributed by atoms with Crippen molar-refractivity contribution in [3.8, 4) is 0 Å². The van der Waals surface area contributed by atoms with Crippen molar-refractivity contribution in [3.63, 3.8) is 0 Å². The molecule has 82 valence electrons. The van der Waals surface area contributed by atoms with Crippen molar-refractivity contribution >= 4 is 8.41 Å². The Labute approximate surface area is 96.1 Å². The predicted molar refractivity (Wildman–Crippen MR) is 67.2 cm³/mol. The molecule has 1 aromatic carbocycles. The first-order chi connectivity index (χ1) is 6.86. The van der Waals surface area contributed by atoms with Gasteiger partial charge in [0.25, 0.3) is 0 Å². The summed E-state index contributed by atoms with van der Waals surface area (Å²) >= 11 is 0. The molecule has 0 aromatic heterocycles. The SMILES string of the molecule is CCC[NH+](CCC)Cc1ccccc1.[B-]. The van der Waals surface area contributed by atoms with Gasteiger partial charge in [-0.15, -0.1) is 0 Å². The molecule has 0 bridgehead atoms. The first-order valence-electron chi connectivity index (χ1n) is 5.74. The van der Waals surface area contributed by atoms with Gasteiger partial charge in [0.15, 0.2) is 0 Å². The molecule has 2 heteroatoms. The zero-order valence-corrected chi connectivity index (χ0v) is 10.00. The van der Waals surface area contributed by atoms with E-state index < -0.39 is 0 Å². The Hall–Kier alpha value is -0.755. The van der Waals surface area contributed by atoms with Crippen LogP contribution in [0, 0.1) is 0 Å². The van der Waals surface area contributed by atoms with E-state index >= 15 is 0 Å². The second kappa shape index (κ2) is 8.54. The summed E-state index contributed by atoms with van der Waals surface area (Å²) in [4.78, 5) is 1.71. The molecule has 0 saturated heterocycles. The second-order valence-electron chi connectivity index (χ2n) is 3.91. The third kappa shape index (κ3) is 5.63. The molecule has 1 rings (SSSR count). The van der Waals surface area contributed by atoms with Crippen LogP contribution >= 0.6 is 0 Å². The Morgan fingerprint density at radius 1 is 0.933 bits per heavy atom. The van der Waals surface area contributed by atoms with Gasteiger partial charge in [-0.25, -0.2) is 0 Å². The Morgan fingerprint density at radius 3 is 1.93 bits per heavy atom. The van der Waals surface area contributed by atoms with Crippen molar-refractivity contribution in [2.75, 3.05) is 13.1 Å². The van der Waals surface area contributed by atoms with Crippen molar-refractivity contribution in [1.29, 1.82) is 0 Å². The molecule has 0 amide bonds. The number of quaternary nitrogens is 1. The molecule has 0 spiro atoms. The van der Waals surface area contributed by atoms with Gasteiger partial charge in [-0.1, -0.05) is 44.2 Å². The highest BCUT2D eigenvalue weighted by Gasteiger charge is 2.05. The van der Waals surface area contributed by atoms with E-state index in [1.807, 2.05) is 0 Å². The lowest BCUT2D eigenvalue weighted by atomic mass is 10.2. The van der Waals surface area contributed by atoms with Crippen molar-refractivity contribution in [2.45, 2.75) is 33.2 Å². The molecule has 1 N–H and O–H groups in total.